The number of carbonyl (C=O) groups excluding carboxylic acids is 1. The summed E-state index contributed by atoms with van der Waals surface area (Å²) in [4.78, 5) is 15.4. The Bertz CT molecular complexity index is 517. The van der Waals surface area contributed by atoms with Crippen LogP contribution in [0.2, 0.25) is 0 Å². The number of benzene rings is 1. The van der Waals surface area contributed by atoms with Crippen LogP contribution >= 0.6 is 27.7 Å². The number of carbonyl (C=O) groups is 1. The number of aryl methyl sites for hydroxylation is 2. The van der Waals surface area contributed by atoms with Crippen LogP contribution in [0.5, 0.6) is 0 Å². The molecule has 1 aliphatic carbocycles. The highest BCUT2D eigenvalue weighted by atomic mass is 79.9. The SMILES string of the molecule is Cc1cc(SCC(=O)N(CCO)C2CCC2)c(C)cc1Br. The Morgan fingerprint density at radius 1 is 1.38 bits per heavy atom. The predicted octanol–water partition coefficient (Wildman–Crippen LogP) is 3.53. The summed E-state index contributed by atoms with van der Waals surface area (Å²) in [5.41, 5.74) is 2.37. The van der Waals surface area contributed by atoms with E-state index in [0.717, 1.165) is 22.2 Å². The molecule has 1 aromatic carbocycles. The molecule has 0 spiro atoms. The van der Waals surface area contributed by atoms with Crippen LogP contribution in [0.25, 0.3) is 0 Å². The first-order chi connectivity index (χ1) is 10.0. The highest BCUT2D eigenvalue weighted by Gasteiger charge is 2.28. The smallest absolute Gasteiger partial charge is 0.233 e. The Balaban J connectivity index is 1.97. The Labute approximate surface area is 139 Å². The van der Waals surface area contributed by atoms with Crippen LogP contribution < -0.4 is 0 Å². The van der Waals surface area contributed by atoms with Gasteiger partial charge in [-0.15, -0.1) is 11.8 Å². The van der Waals surface area contributed by atoms with Crippen molar-refractivity contribution in [3.05, 3.63) is 27.7 Å². The molecule has 0 bridgehead atoms. The maximum Gasteiger partial charge on any atom is 0.233 e. The third-order valence-electron chi connectivity index (χ3n) is 3.98. The normalized spacial score (nSPS) is 14.9. The van der Waals surface area contributed by atoms with Crippen molar-refractivity contribution in [3.63, 3.8) is 0 Å². The average Bonchev–Trinajstić information content (AvgIpc) is 2.38. The lowest BCUT2D eigenvalue weighted by atomic mass is 9.91. The standard InChI is InChI=1S/C16H22BrNO2S/c1-11-9-15(12(2)8-14(11)17)21-10-16(20)18(6-7-19)13-4-3-5-13/h8-9,13,19H,3-7,10H2,1-2H3. The second-order valence-corrected chi connectivity index (χ2v) is 7.42. The van der Waals surface area contributed by atoms with E-state index in [2.05, 4.69) is 41.9 Å². The third-order valence-corrected chi connectivity index (χ3v) is 5.98. The van der Waals surface area contributed by atoms with E-state index >= 15 is 0 Å². The van der Waals surface area contributed by atoms with Crippen molar-refractivity contribution in [1.29, 1.82) is 0 Å². The van der Waals surface area contributed by atoms with Gasteiger partial charge in [0.15, 0.2) is 0 Å². The first-order valence-electron chi connectivity index (χ1n) is 7.32. The molecule has 1 aliphatic rings. The van der Waals surface area contributed by atoms with Crippen molar-refractivity contribution < 1.29 is 9.90 Å². The number of aliphatic hydroxyl groups is 1. The monoisotopic (exact) mass is 371 g/mol. The molecule has 0 radical (unpaired) electrons. The molecule has 0 atom stereocenters. The van der Waals surface area contributed by atoms with Crippen molar-refractivity contribution in [1.82, 2.24) is 4.90 Å². The number of halogens is 1. The second-order valence-electron chi connectivity index (χ2n) is 5.55. The van der Waals surface area contributed by atoms with E-state index in [-0.39, 0.29) is 12.5 Å². The minimum absolute atomic E-state index is 0.0450. The maximum atomic E-state index is 12.4. The van der Waals surface area contributed by atoms with Crippen LogP contribution in [0, 0.1) is 13.8 Å². The summed E-state index contributed by atoms with van der Waals surface area (Å²) < 4.78 is 1.10. The number of amides is 1. The number of hydrogen-bond acceptors (Lipinski definition) is 3. The van der Waals surface area contributed by atoms with E-state index in [0.29, 0.717) is 18.3 Å². The van der Waals surface area contributed by atoms with Crippen LogP contribution in [0.3, 0.4) is 0 Å². The van der Waals surface area contributed by atoms with Crippen molar-refractivity contribution in [2.45, 2.75) is 44.0 Å². The topological polar surface area (TPSA) is 40.5 Å². The lowest BCUT2D eigenvalue weighted by molar-refractivity contribution is -0.132. The third kappa shape index (κ3) is 4.24. The predicted molar refractivity (Wildman–Crippen MR) is 90.8 cm³/mol. The van der Waals surface area contributed by atoms with Gasteiger partial charge < -0.3 is 10.0 Å². The molecule has 0 heterocycles. The summed E-state index contributed by atoms with van der Waals surface area (Å²) in [6, 6.07) is 4.56. The Morgan fingerprint density at radius 3 is 2.67 bits per heavy atom. The molecule has 0 aliphatic heterocycles. The Hall–Kier alpha value is -0.520. The van der Waals surface area contributed by atoms with Crippen molar-refractivity contribution >= 4 is 33.6 Å². The number of rotatable bonds is 6. The van der Waals surface area contributed by atoms with Crippen molar-refractivity contribution in [2.24, 2.45) is 0 Å². The molecule has 0 saturated heterocycles. The summed E-state index contributed by atoms with van der Waals surface area (Å²) in [6.07, 6.45) is 3.34. The summed E-state index contributed by atoms with van der Waals surface area (Å²) in [7, 11) is 0. The van der Waals surface area contributed by atoms with Gasteiger partial charge in [-0.1, -0.05) is 15.9 Å². The molecule has 1 fully saturated rings. The number of nitrogens with zero attached hydrogens (tertiary/aromatic N) is 1. The van der Waals surface area contributed by atoms with Gasteiger partial charge >= 0.3 is 0 Å². The van der Waals surface area contributed by atoms with E-state index in [1.54, 1.807) is 11.8 Å². The van der Waals surface area contributed by atoms with E-state index in [1.165, 1.54) is 17.5 Å². The molecular formula is C16H22BrNO2S. The summed E-state index contributed by atoms with van der Waals surface area (Å²) in [5.74, 6) is 0.581. The number of aliphatic hydroxyl groups excluding tert-OH is 1. The average molecular weight is 372 g/mol. The molecule has 116 valence electrons. The molecule has 3 nitrogen and oxygen atoms in total. The molecule has 1 saturated carbocycles. The molecule has 1 N–H and O–H groups in total. The number of hydrogen-bond donors (Lipinski definition) is 1. The van der Waals surface area contributed by atoms with Gasteiger partial charge in [-0.05, 0) is 56.4 Å². The summed E-state index contributed by atoms with van der Waals surface area (Å²) >= 11 is 5.12. The largest absolute Gasteiger partial charge is 0.395 e. The van der Waals surface area contributed by atoms with Gasteiger partial charge in [0.1, 0.15) is 0 Å². The zero-order valence-corrected chi connectivity index (χ0v) is 15.0. The second kappa shape index (κ2) is 7.65. The first kappa shape index (κ1) is 16.8. The molecule has 1 amide bonds. The highest BCUT2D eigenvalue weighted by molar-refractivity contribution is 9.10. The van der Waals surface area contributed by atoms with E-state index in [9.17, 15) is 4.79 Å². The lowest BCUT2D eigenvalue weighted by Gasteiger charge is -2.37. The van der Waals surface area contributed by atoms with Crippen LogP contribution in [-0.4, -0.2) is 40.9 Å². The zero-order chi connectivity index (χ0) is 15.4. The van der Waals surface area contributed by atoms with Crippen LogP contribution in [0.1, 0.15) is 30.4 Å². The fourth-order valence-corrected chi connectivity index (χ4v) is 3.90. The van der Waals surface area contributed by atoms with E-state index in [1.807, 2.05) is 4.90 Å². The Kier molecular flexibility index (Phi) is 6.14. The van der Waals surface area contributed by atoms with Gasteiger partial charge in [-0.25, -0.2) is 0 Å². The highest BCUT2D eigenvalue weighted by Crippen LogP contribution is 2.30. The quantitative estimate of drug-likeness (QED) is 0.777. The van der Waals surface area contributed by atoms with Crippen LogP contribution in [0.15, 0.2) is 21.5 Å². The first-order valence-corrected chi connectivity index (χ1v) is 9.10. The summed E-state index contributed by atoms with van der Waals surface area (Å²) in [5, 5.41) is 9.14. The van der Waals surface area contributed by atoms with Crippen LogP contribution in [0.4, 0.5) is 0 Å². The lowest BCUT2D eigenvalue weighted by Crippen LogP contribution is -2.46. The van der Waals surface area contributed by atoms with Crippen molar-refractivity contribution in [2.75, 3.05) is 18.9 Å². The number of thioether (sulfide) groups is 1. The molecule has 0 unspecified atom stereocenters. The van der Waals surface area contributed by atoms with Gasteiger partial charge in [-0.2, -0.15) is 0 Å². The van der Waals surface area contributed by atoms with Gasteiger partial charge in [0.2, 0.25) is 5.91 Å². The van der Waals surface area contributed by atoms with Gasteiger partial charge in [0, 0.05) is 22.0 Å². The molecule has 21 heavy (non-hydrogen) atoms. The van der Waals surface area contributed by atoms with Gasteiger partial charge in [-0.3, -0.25) is 4.79 Å². The van der Waals surface area contributed by atoms with E-state index in [4.69, 9.17) is 5.11 Å². The minimum Gasteiger partial charge on any atom is -0.395 e. The zero-order valence-electron chi connectivity index (χ0n) is 12.6. The summed E-state index contributed by atoms with van der Waals surface area (Å²) in [6.45, 7) is 4.63. The Morgan fingerprint density at radius 2 is 2.10 bits per heavy atom. The van der Waals surface area contributed by atoms with Crippen molar-refractivity contribution in [3.8, 4) is 0 Å². The molecule has 0 aromatic heterocycles. The fraction of sp³-hybridized carbons (Fsp3) is 0.562. The fourth-order valence-electron chi connectivity index (χ4n) is 2.45. The van der Waals surface area contributed by atoms with E-state index < -0.39 is 0 Å². The molecule has 1 aromatic rings. The minimum atomic E-state index is 0.0450. The maximum absolute atomic E-state index is 12.4. The van der Waals surface area contributed by atoms with Gasteiger partial charge in [0.25, 0.3) is 0 Å². The van der Waals surface area contributed by atoms with Crippen LogP contribution in [-0.2, 0) is 4.79 Å². The molecular weight excluding hydrogens is 350 g/mol. The molecule has 5 heteroatoms. The molecule has 2 rings (SSSR count). The van der Waals surface area contributed by atoms with Gasteiger partial charge in [0.05, 0.1) is 12.4 Å².